The van der Waals surface area contributed by atoms with Gasteiger partial charge in [-0.1, -0.05) is 41.7 Å². The molecule has 0 aliphatic rings. The molecule has 0 fully saturated rings. The van der Waals surface area contributed by atoms with Crippen LogP contribution in [0.25, 0.3) is 27.7 Å². The summed E-state index contributed by atoms with van der Waals surface area (Å²) in [6.45, 7) is 7.95. The number of allylic oxidation sites excluding steroid dienone is 1. The molecule has 4 aromatic rings. The lowest BCUT2D eigenvalue weighted by molar-refractivity contribution is -0.111. The Morgan fingerprint density at radius 2 is 1.91 bits per heavy atom. The number of carbonyl (C=O) groups excluding carboxylic acids is 2. The smallest absolute Gasteiger partial charge is 0.350 e. The monoisotopic (exact) mass is 490 g/mol. The van der Waals surface area contributed by atoms with Crippen molar-refractivity contribution in [1.82, 2.24) is 4.98 Å². The van der Waals surface area contributed by atoms with Crippen LogP contribution >= 0.6 is 11.3 Å². The van der Waals surface area contributed by atoms with E-state index in [1.807, 2.05) is 56.3 Å². The first-order valence-corrected chi connectivity index (χ1v) is 12.1. The minimum Gasteiger partial charge on any atom is -0.493 e. The first kappa shape index (κ1) is 24.2. The van der Waals surface area contributed by atoms with Gasteiger partial charge in [0.15, 0.2) is 5.13 Å². The van der Waals surface area contributed by atoms with Gasteiger partial charge in [-0.3, -0.25) is 10.1 Å². The summed E-state index contributed by atoms with van der Waals surface area (Å²) in [6.07, 6.45) is 3.23. The summed E-state index contributed by atoms with van der Waals surface area (Å²) in [5, 5.41) is 4.01. The Morgan fingerprint density at radius 1 is 1.14 bits per heavy atom. The molecule has 2 heterocycles. The number of rotatable bonds is 8. The van der Waals surface area contributed by atoms with E-state index in [2.05, 4.69) is 10.3 Å². The first-order valence-electron chi connectivity index (χ1n) is 11.3. The van der Waals surface area contributed by atoms with E-state index in [1.165, 1.54) is 6.08 Å². The van der Waals surface area contributed by atoms with Crippen LogP contribution in [-0.2, 0) is 9.53 Å². The lowest BCUT2D eigenvalue weighted by Gasteiger charge is -2.11. The largest absolute Gasteiger partial charge is 0.493 e. The van der Waals surface area contributed by atoms with Crippen LogP contribution in [0.3, 0.4) is 0 Å². The standard InChI is InChI=1S/C27H26N2O5S/c1-5-32-22-14-23-20(21(15-34-23)18-10-8-7-9-11-18)13-19(22)16(3)12-24(30)29-27-28-17(4)25(35-27)26(31)33-6-2/h7-15H,5-6H2,1-4H3,(H,28,29,30)/b16-12+. The maximum Gasteiger partial charge on any atom is 0.350 e. The van der Waals surface area contributed by atoms with Crippen LogP contribution in [0.4, 0.5) is 5.13 Å². The molecule has 8 heteroatoms. The summed E-state index contributed by atoms with van der Waals surface area (Å²) < 4.78 is 16.7. The van der Waals surface area contributed by atoms with Gasteiger partial charge in [0.2, 0.25) is 5.91 Å². The molecule has 1 N–H and O–H groups in total. The second kappa shape index (κ2) is 10.6. The number of aryl methyl sites for hydroxylation is 1. The van der Waals surface area contributed by atoms with Crippen LogP contribution in [-0.4, -0.2) is 30.1 Å². The third-order valence-electron chi connectivity index (χ3n) is 5.32. The predicted molar refractivity (Wildman–Crippen MR) is 138 cm³/mol. The molecular weight excluding hydrogens is 464 g/mol. The number of carbonyl (C=O) groups is 2. The van der Waals surface area contributed by atoms with E-state index in [0.29, 0.717) is 39.2 Å². The van der Waals surface area contributed by atoms with Crippen LogP contribution in [0.5, 0.6) is 5.75 Å². The molecule has 2 aromatic carbocycles. The SMILES string of the molecule is CCOC(=O)c1sc(NC(=O)/C=C(\C)c2cc3c(-c4ccccc4)coc3cc2OCC)nc1C. The number of ether oxygens (including phenoxy) is 2. The Kier molecular flexibility index (Phi) is 7.31. The van der Waals surface area contributed by atoms with E-state index in [9.17, 15) is 9.59 Å². The molecule has 4 rings (SSSR count). The molecule has 35 heavy (non-hydrogen) atoms. The number of anilines is 1. The summed E-state index contributed by atoms with van der Waals surface area (Å²) in [5.74, 6) is -0.173. The number of benzene rings is 2. The molecular formula is C27H26N2O5S. The van der Waals surface area contributed by atoms with Crippen LogP contribution < -0.4 is 10.1 Å². The lowest BCUT2D eigenvalue weighted by atomic mass is 9.99. The second-order valence-corrected chi connectivity index (χ2v) is 8.76. The van der Waals surface area contributed by atoms with Crippen molar-refractivity contribution in [2.75, 3.05) is 18.5 Å². The Bertz CT molecular complexity index is 1400. The van der Waals surface area contributed by atoms with E-state index < -0.39 is 5.97 Å². The van der Waals surface area contributed by atoms with Gasteiger partial charge >= 0.3 is 5.97 Å². The molecule has 0 radical (unpaired) electrons. The Morgan fingerprint density at radius 3 is 2.63 bits per heavy atom. The van der Waals surface area contributed by atoms with Crippen molar-refractivity contribution in [3.05, 3.63) is 70.9 Å². The van der Waals surface area contributed by atoms with Gasteiger partial charge in [0.05, 0.1) is 25.2 Å². The van der Waals surface area contributed by atoms with E-state index in [4.69, 9.17) is 13.9 Å². The fourth-order valence-corrected chi connectivity index (χ4v) is 4.59. The summed E-state index contributed by atoms with van der Waals surface area (Å²) in [7, 11) is 0. The molecule has 0 spiro atoms. The summed E-state index contributed by atoms with van der Waals surface area (Å²) in [5.41, 5.74) is 4.73. The number of thiazole rings is 1. The molecule has 0 saturated heterocycles. The molecule has 0 aliphatic heterocycles. The van der Waals surface area contributed by atoms with Gasteiger partial charge in [-0.05, 0) is 44.9 Å². The predicted octanol–water partition coefficient (Wildman–Crippen LogP) is 6.48. The van der Waals surface area contributed by atoms with Gasteiger partial charge < -0.3 is 13.9 Å². The second-order valence-electron chi connectivity index (χ2n) is 7.76. The molecule has 0 bridgehead atoms. The Hall–Kier alpha value is -3.91. The highest BCUT2D eigenvalue weighted by atomic mass is 32.1. The number of aromatic nitrogens is 1. The molecule has 0 unspecified atom stereocenters. The van der Waals surface area contributed by atoms with Crippen LogP contribution in [0, 0.1) is 6.92 Å². The highest BCUT2D eigenvalue weighted by molar-refractivity contribution is 7.17. The molecule has 2 aromatic heterocycles. The number of furan rings is 1. The summed E-state index contributed by atoms with van der Waals surface area (Å²) in [6, 6.07) is 13.8. The molecule has 0 aliphatic carbocycles. The topological polar surface area (TPSA) is 90.7 Å². The van der Waals surface area contributed by atoms with E-state index >= 15 is 0 Å². The molecule has 180 valence electrons. The number of hydrogen-bond donors (Lipinski definition) is 1. The van der Waals surface area contributed by atoms with Gasteiger partial charge in [0, 0.05) is 28.7 Å². The van der Waals surface area contributed by atoms with Crippen molar-refractivity contribution < 1.29 is 23.5 Å². The van der Waals surface area contributed by atoms with Gasteiger partial charge in [0.25, 0.3) is 0 Å². The van der Waals surface area contributed by atoms with E-state index in [0.717, 1.165) is 33.4 Å². The Labute approximate surface area is 207 Å². The number of fused-ring (bicyclic) bond motifs is 1. The van der Waals surface area contributed by atoms with Gasteiger partial charge in [-0.15, -0.1) is 0 Å². The van der Waals surface area contributed by atoms with Crippen LogP contribution in [0.15, 0.2) is 59.2 Å². The van der Waals surface area contributed by atoms with Crippen LogP contribution in [0.2, 0.25) is 0 Å². The van der Waals surface area contributed by atoms with Crippen molar-refractivity contribution in [1.29, 1.82) is 0 Å². The normalized spacial score (nSPS) is 11.5. The summed E-state index contributed by atoms with van der Waals surface area (Å²) >= 11 is 1.09. The quantitative estimate of drug-likeness (QED) is 0.224. The van der Waals surface area contributed by atoms with E-state index in [-0.39, 0.29) is 12.5 Å². The minimum atomic E-state index is -0.446. The third kappa shape index (κ3) is 5.27. The molecule has 7 nitrogen and oxygen atoms in total. The van der Waals surface area contributed by atoms with Crippen molar-refractivity contribution in [3.63, 3.8) is 0 Å². The van der Waals surface area contributed by atoms with Gasteiger partial charge in [0.1, 0.15) is 16.2 Å². The lowest BCUT2D eigenvalue weighted by Crippen LogP contribution is -2.08. The third-order valence-corrected chi connectivity index (χ3v) is 6.37. The zero-order chi connectivity index (χ0) is 24.9. The zero-order valence-corrected chi connectivity index (χ0v) is 20.8. The van der Waals surface area contributed by atoms with Crippen LogP contribution in [0.1, 0.15) is 41.7 Å². The average molecular weight is 491 g/mol. The maximum absolute atomic E-state index is 12.8. The van der Waals surface area contributed by atoms with Crippen molar-refractivity contribution in [2.45, 2.75) is 27.7 Å². The number of nitrogens with one attached hydrogen (secondary N) is 1. The van der Waals surface area contributed by atoms with Crippen molar-refractivity contribution in [2.24, 2.45) is 0 Å². The molecule has 0 atom stereocenters. The average Bonchev–Trinajstić information content (AvgIpc) is 3.42. The Balaban J connectivity index is 1.65. The highest BCUT2D eigenvalue weighted by Crippen LogP contribution is 2.37. The fourth-order valence-electron chi connectivity index (χ4n) is 3.73. The first-order chi connectivity index (χ1) is 16.9. The van der Waals surface area contributed by atoms with Crippen molar-refractivity contribution in [3.8, 4) is 16.9 Å². The van der Waals surface area contributed by atoms with Crippen molar-refractivity contribution >= 4 is 44.9 Å². The van der Waals surface area contributed by atoms with E-state index in [1.54, 1.807) is 20.1 Å². The summed E-state index contributed by atoms with van der Waals surface area (Å²) in [4.78, 5) is 29.5. The molecule has 1 amide bonds. The number of amides is 1. The maximum atomic E-state index is 12.8. The zero-order valence-electron chi connectivity index (χ0n) is 20.0. The van der Waals surface area contributed by atoms with Gasteiger partial charge in [-0.2, -0.15) is 0 Å². The van der Waals surface area contributed by atoms with Gasteiger partial charge in [-0.25, -0.2) is 9.78 Å². The number of esters is 1. The highest BCUT2D eigenvalue weighted by Gasteiger charge is 2.18. The molecule has 0 saturated carbocycles. The number of hydrogen-bond acceptors (Lipinski definition) is 7. The minimum absolute atomic E-state index is 0.273. The fraction of sp³-hybridized carbons (Fsp3) is 0.222. The number of nitrogens with zero attached hydrogens (tertiary/aromatic N) is 1.